The van der Waals surface area contributed by atoms with Gasteiger partial charge in [0.05, 0.1) is 5.69 Å². The molecule has 0 aromatic heterocycles. The van der Waals surface area contributed by atoms with Gasteiger partial charge >= 0.3 is 0 Å². The molecule has 0 saturated carbocycles. The molecule has 1 fully saturated rings. The minimum Gasteiger partial charge on any atom is -0.490 e. The molecule has 0 amide bonds. The summed E-state index contributed by atoms with van der Waals surface area (Å²) in [6.07, 6.45) is 4.98. The zero-order valence-corrected chi connectivity index (χ0v) is 11.8. The van der Waals surface area contributed by atoms with E-state index in [0.717, 1.165) is 25.4 Å². The molecule has 2 aliphatic heterocycles. The fourth-order valence-corrected chi connectivity index (χ4v) is 3.28. The molecule has 1 unspecified atom stereocenters. The minimum absolute atomic E-state index is 0.601. The molecule has 0 bridgehead atoms. The highest BCUT2D eigenvalue weighted by atomic mass is 16.5. The number of rotatable bonds is 4. The van der Waals surface area contributed by atoms with Crippen molar-refractivity contribution < 1.29 is 4.74 Å². The van der Waals surface area contributed by atoms with Gasteiger partial charge in [-0.15, -0.1) is 0 Å². The van der Waals surface area contributed by atoms with Gasteiger partial charge in [-0.3, -0.25) is 4.90 Å². The molecule has 104 valence electrons. The van der Waals surface area contributed by atoms with Crippen molar-refractivity contribution in [2.75, 3.05) is 31.6 Å². The zero-order chi connectivity index (χ0) is 13.1. The first-order valence-electron chi connectivity index (χ1n) is 7.61. The van der Waals surface area contributed by atoms with Crippen molar-refractivity contribution >= 4 is 5.69 Å². The third-order valence-corrected chi connectivity index (χ3v) is 4.37. The van der Waals surface area contributed by atoms with Crippen molar-refractivity contribution in [2.24, 2.45) is 0 Å². The van der Waals surface area contributed by atoms with E-state index >= 15 is 0 Å². The molecule has 0 aliphatic carbocycles. The molecule has 2 heterocycles. The smallest absolute Gasteiger partial charge is 0.142 e. The summed E-state index contributed by atoms with van der Waals surface area (Å²) >= 11 is 0. The summed E-state index contributed by atoms with van der Waals surface area (Å²) in [5.74, 6) is 1.04. The second-order valence-electron chi connectivity index (χ2n) is 5.56. The van der Waals surface area contributed by atoms with Crippen LogP contribution in [0.15, 0.2) is 18.2 Å². The Balaban J connectivity index is 1.67. The van der Waals surface area contributed by atoms with Gasteiger partial charge in [0.15, 0.2) is 0 Å². The fraction of sp³-hybridized carbons (Fsp3) is 0.625. The van der Waals surface area contributed by atoms with Gasteiger partial charge in [0, 0.05) is 12.6 Å². The quantitative estimate of drug-likeness (QED) is 0.901. The van der Waals surface area contributed by atoms with Gasteiger partial charge in [-0.2, -0.15) is 0 Å². The van der Waals surface area contributed by atoms with E-state index in [1.165, 1.54) is 43.5 Å². The Morgan fingerprint density at radius 2 is 2.32 bits per heavy atom. The third kappa shape index (κ3) is 2.71. The third-order valence-electron chi connectivity index (χ3n) is 4.37. The van der Waals surface area contributed by atoms with Gasteiger partial charge in [-0.05, 0) is 50.4 Å². The number of aryl methyl sites for hydroxylation is 1. The molecule has 0 spiro atoms. The Kier molecular flexibility index (Phi) is 3.92. The normalized spacial score (nSPS) is 22.9. The van der Waals surface area contributed by atoms with Crippen molar-refractivity contribution in [3.05, 3.63) is 23.8 Å². The first-order valence-corrected chi connectivity index (χ1v) is 7.61. The lowest BCUT2D eigenvalue weighted by Gasteiger charge is -2.25. The predicted molar refractivity (Wildman–Crippen MR) is 79.0 cm³/mol. The van der Waals surface area contributed by atoms with Crippen LogP contribution in [0, 0.1) is 0 Å². The molecule has 3 rings (SSSR count). The SMILES string of the molecule is CCN1CCCC1COc1cccc2c1NCCC2. The number of nitrogens with zero attached hydrogens (tertiary/aromatic N) is 1. The van der Waals surface area contributed by atoms with Crippen molar-refractivity contribution in [3.8, 4) is 5.75 Å². The average molecular weight is 260 g/mol. The van der Waals surface area contributed by atoms with E-state index < -0.39 is 0 Å². The molecular formula is C16H24N2O. The number of likely N-dealkylation sites (tertiary alicyclic amines) is 1. The van der Waals surface area contributed by atoms with Gasteiger partial charge in [0.2, 0.25) is 0 Å². The first kappa shape index (κ1) is 12.8. The molecule has 1 aromatic carbocycles. The number of ether oxygens (including phenoxy) is 1. The summed E-state index contributed by atoms with van der Waals surface area (Å²) in [4.78, 5) is 2.53. The average Bonchev–Trinajstić information content (AvgIpc) is 2.92. The van der Waals surface area contributed by atoms with E-state index in [1.54, 1.807) is 0 Å². The molecule has 3 nitrogen and oxygen atoms in total. The number of likely N-dealkylation sites (N-methyl/N-ethyl adjacent to an activating group) is 1. The Morgan fingerprint density at radius 1 is 1.37 bits per heavy atom. The summed E-state index contributed by atoms with van der Waals surface area (Å²) in [6.45, 7) is 6.50. The molecule has 1 saturated heterocycles. The number of hydrogen-bond acceptors (Lipinski definition) is 3. The van der Waals surface area contributed by atoms with Gasteiger partial charge < -0.3 is 10.1 Å². The van der Waals surface area contributed by atoms with Crippen LogP contribution in [0.25, 0.3) is 0 Å². The Hall–Kier alpha value is -1.22. The maximum absolute atomic E-state index is 6.12. The summed E-state index contributed by atoms with van der Waals surface area (Å²) < 4.78 is 6.12. The first-order chi connectivity index (χ1) is 9.38. The maximum Gasteiger partial charge on any atom is 0.142 e. The molecule has 1 N–H and O–H groups in total. The second kappa shape index (κ2) is 5.83. The van der Waals surface area contributed by atoms with Gasteiger partial charge in [0.25, 0.3) is 0 Å². The standard InChI is InChI=1S/C16H24N2O/c1-2-18-11-5-8-14(18)12-19-15-9-3-6-13-7-4-10-17-16(13)15/h3,6,9,14,17H,2,4-5,7-8,10-12H2,1H3. The zero-order valence-electron chi connectivity index (χ0n) is 11.8. The summed E-state index contributed by atoms with van der Waals surface area (Å²) in [5.41, 5.74) is 2.64. The van der Waals surface area contributed by atoms with E-state index in [2.05, 4.69) is 35.3 Å². The largest absolute Gasteiger partial charge is 0.490 e. The molecule has 0 radical (unpaired) electrons. The van der Waals surface area contributed by atoms with E-state index in [0.29, 0.717) is 6.04 Å². The maximum atomic E-state index is 6.12. The minimum atomic E-state index is 0.601. The van der Waals surface area contributed by atoms with Gasteiger partial charge in [-0.1, -0.05) is 19.1 Å². The molecule has 19 heavy (non-hydrogen) atoms. The van der Waals surface area contributed by atoms with Crippen LogP contribution in [-0.2, 0) is 6.42 Å². The number of fused-ring (bicyclic) bond motifs is 1. The Bertz CT molecular complexity index is 433. The van der Waals surface area contributed by atoms with Crippen molar-refractivity contribution in [3.63, 3.8) is 0 Å². The lowest BCUT2D eigenvalue weighted by molar-refractivity contribution is 0.179. The number of benzene rings is 1. The van der Waals surface area contributed by atoms with E-state index in [-0.39, 0.29) is 0 Å². The predicted octanol–water partition coefficient (Wildman–Crippen LogP) is 2.91. The summed E-state index contributed by atoms with van der Waals surface area (Å²) in [6, 6.07) is 7.03. The molecule has 3 heteroatoms. The van der Waals surface area contributed by atoms with E-state index in [9.17, 15) is 0 Å². The lowest BCUT2D eigenvalue weighted by Crippen LogP contribution is -2.34. The molecule has 2 aliphatic rings. The highest BCUT2D eigenvalue weighted by Crippen LogP contribution is 2.32. The van der Waals surface area contributed by atoms with Crippen molar-refractivity contribution in [1.82, 2.24) is 4.90 Å². The molecule has 1 atom stereocenters. The number of hydrogen-bond donors (Lipinski definition) is 1. The van der Waals surface area contributed by atoms with Crippen LogP contribution < -0.4 is 10.1 Å². The second-order valence-corrected chi connectivity index (χ2v) is 5.56. The van der Waals surface area contributed by atoms with E-state index in [1.807, 2.05) is 0 Å². The highest BCUT2D eigenvalue weighted by molar-refractivity contribution is 5.63. The Labute approximate surface area is 115 Å². The summed E-state index contributed by atoms with van der Waals surface area (Å²) in [5, 5.41) is 3.49. The number of para-hydroxylation sites is 1. The van der Waals surface area contributed by atoms with Crippen molar-refractivity contribution in [2.45, 2.75) is 38.6 Å². The van der Waals surface area contributed by atoms with Crippen LogP contribution in [0.5, 0.6) is 5.75 Å². The van der Waals surface area contributed by atoms with Crippen LogP contribution in [0.1, 0.15) is 31.7 Å². The van der Waals surface area contributed by atoms with Gasteiger partial charge in [-0.25, -0.2) is 0 Å². The van der Waals surface area contributed by atoms with Crippen LogP contribution in [-0.4, -0.2) is 37.2 Å². The Morgan fingerprint density at radius 3 is 3.21 bits per heavy atom. The highest BCUT2D eigenvalue weighted by Gasteiger charge is 2.24. The molecular weight excluding hydrogens is 236 g/mol. The monoisotopic (exact) mass is 260 g/mol. The van der Waals surface area contributed by atoms with E-state index in [4.69, 9.17) is 4.74 Å². The van der Waals surface area contributed by atoms with Crippen LogP contribution in [0.4, 0.5) is 5.69 Å². The lowest BCUT2D eigenvalue weighted by atomic mass is 10.0. The van der Waals surface area contributed by atoms with Crippen LogP contribution >= 0.6 is 0 Å². The van der Waals surface area contributed by atoms with Gasteiger partial charge in [0.1, 0.15) is 12.4 Å². The molecule has 1 aromatic rings. The summed E-state index contributed by atoms with van der Waals surface area (Å²) in [7, 11) is 0. The number of anilines is 1. The van der Waals surface area contributed by atoms with Crippen LogP contribution in [0.3, 0.4) is 0 Å². The van der Waals surface area contributed by atoms with Crippen molar-refractivity contribution in [1.29, 1.82) is 0 Å². The van der Waals surface area contributed by atoms with Crippen LogP contribution in [0.2, 0.25) is 0 Å². The number of nitrogens with one attached hydrogen (secondary N) is 1. The fourth-order valence-electron chi connectivity index (χ4n) is 3.28. The topological polar surface area (TPSA) is 24.5 Å².